The number of hydrogen-bond donors (Lipinski definition) is 1. The molecule has 2 atom stereocenters. The maximum absolute atomic E-state index is 11.3. The molecule has 4 heteroatoms. The van der Waals surface area contributed by atoms with Crippen LogP contribution in [0.4, 0.5) is 0 Å². The van der Waals surface area contributed by atoms with E-state index < -0.39 is 4.87 Å². The van der Waals surface area contributed by atoms with Crippen molar-refractivity contribution in [1.82, 2.24) is 0 Å². The molecule has 0 spiro atoms. The Labute approximate surface area is 135 Å². The van der Waals surface area contributed by atoms with Crippen molar-refractivity contribution in [3.63, 3.8) is 0 Å². The lowest BCUT2D eigenvalue weighted by molar-refractivity contribution is -0.137. The molecule has 3 nitrogen and oxygen atoms in total. The predicted molar refractivity (Wildman–Crippen MR) is 93.4 cm³/mol. The zero-order chi connectivity index (χ0) is 16.5. The van der Waals surface area contributed by atoms with Crippen LogP contribution in [0.25, 0.3) is 0 Å². The highest BCUT2D eigenvalue weighted by molar-refractivity contribution is 8.01. The Morgan fingerprint density at radius 1 is 1.24 bits per heavy atom. The summed E-state index contributed by atoms with van der Waals surface area (Å²) < 4.78 is 4.68. The van der Waals surface area contributed by atoms with Gasteiger partial charge in [-0.1, -0.05) is 59.8 Å². The molecule has 0 aromatic rings. The summed E-state index contributed by atoms with van der Waals surface area (Å²) in [5, 5.41) is 0. The molecular weight excluding hydrogens is 282 g/mol. The molecule has 2 unspecified atom stereocenters. The average Bonchev–Trinajstić information content (AvgIpc) is 2.39. The van der Waals surface area contributed by atoms with E-state index in [2.05, 4.69) is 32.4 Å². The topological polar surface area (TPSA) is 52.3 Å². The lowest BCUT2D eigenvalue weighted by Crippen LogP contribution is -2.40. The van der Waals surface area contributed by atoms with E-state index in [0.717, 1.165) is 6.42 Å². The number of unbranched alkanes of at least 4 members (excludes halogenated alkanes) is 3. The first-order valence-electron chi connectivity index (χ1n) is 8.14. The molecule has 0 saturated carbocycles. The number of thioether (sulfide) groups is 1. The lowest BCUT2D eigenvalue weighted by atomic mass is 9.73. The van der Waals surface area contributed by atoms with Gasteiger partial charge in [-0.15, -0.1) is 11.8 Å². The van der Waals surface area contributed by atoms with Crippen LogP contribution in [0.1, 0.15) is 73.1 Å². The van der Waals surface area contributed by atoms with Gasteiger partial charge in [0.15, 0.2) is 0 Å². The molecule has 0 saturated heterocycles. The standard InChI is InChI=1S/C17H35NO2S/c1-7-8-9-10-11-14(2)16(3,4)13-17(5,18)21-12-15(19)20-6/h14H,7-13,18H2,1-6H3. The number of ether oxygens (including phenoxy) is 1. The van der Waals surface area contributed by atoms with Gasteiger partial charge in [0.25, 0.3) is 0 Å². The first kappa shape index (κ1) is 20.8. The predicted octanol–water partition coefficient (Wildman–Crippen LogP) is 4.59. The molecule has 0 radical (unpaired) electrons. The lowest BCUT2D eigenvalue weighted by Gasteiger charge is -2.38. The first-order valence-corrected chi connectivity index (χ1v) is 9.13. The van der Waals surface area contributed by atoms with Gasteiger partial charge in [-0.25, -0.2) is 0 Å². The van der Waals surface area contributed by atoms with Crippen LogP contribution in [0.5, 0.6) is 0 Å². The molecule has 126 valence electrons. The maximum Gasteiger partial charge on any atom is 0.315 e. The molecule has 0 fully saturated rings. The second kappa shape index (κ2) is 9.73. The van der Waals surface area contributed by atoms with E-state index in [1.54, 1.807) is 0 Å². The van der Waals surface area contributed by atoms with E-state index in [1.807, 2.05) is 6.92 Å². The minimum atomic E-state index is -0.393. The number of carbonyl (C=O) groups is 1. The Kier molecular flexibility index (Phi) is 9.63. The molecule has 0 aliphatic rings. The third-order valence-corrected chi connectivity index (χ3v) is 5.56. The van der Waals surface area contributed by atoms with Crippen LogP contribution < -0.4 is 5.73 Å². The quantitative estimate of drug-likeness (QED) is 0.344. The Morgan fingerprint density at radius 3 is 2.38 bits per heavy atom. The summed E-state index contributed by atoms with van der Waals surface area (Å²) in [6.45, 7) is 11.2. The molecule has 2 N–H and O–H groups in total. The van der Waals surface area contributed by atoms with Crippen molar-refractivity contribution in [2.75, 3.05) is 12.9 Å². The summed E-state index contributed by atoms with van der Waals surface area (Å²) in [4.78, 5) is 10.9. The van der Waals surface area contributed by atoms with Crippen LogP contribution in [-0.2, 0) is 9.53 Å². The molecule has 0 aliphatic heterocycles. The first-order chi connectivity index (χ1) is 9.64. The van der Waals surface area contributed by atoms with Crippen molar-refractivity contribution >= 4 is 17.7 Å². The van der Waals surface area contributed by atoms with Gasteiger partial charge < -0.3 is 10.5 Å². The van der Waals surface area contributed by atoms with Crippen LogP contribution in [0.2, 0.25) is 0 Å². The van der Waals surface area contributed by atoms with Gasteiger partial charge in [0.2, 0.25) is 0 Å². The van der Waals surface area contributed by atoms with Crippen LogP contribution in [0, 0.1) is 11.3 Å². The van der Waals surface area contributed by atoms with E-state index in [4.69, 9.17) is 5.73 Å². The Hall–Kier alpha value is -0.220. The molecule has 21 heavy (non-hydrogen) atoms. The van der Waals surface area contributed by atoms with E-state index in [-0.39, 0.29) is 11.4 Å². The third kappa shape index (κ3) is 9.41. The second-order valence-corrected chi connectivity index (χ2v) is 8.60. The maximum atomic E-state index is 11.3. The van der Waals surface area contributed by atoms with E-state index in [9.17, 15) is 4.79 Å². The molecular formula is C17H35NO2S. The summed E-state index contributed by atoms with van der Waals surface area (Å²) in [5.74, 6) is 0.753. The number of hydrogen-bond acceptors (Lipinski definition) is 4. The SMILES string of the molecule is CCCCCCC(C)C(C)(C)CC(C)(N)SCC(=O)OC. The second-order valence-electron chi connectivity index (χ2n) is 7.09. The number of esters is 1. The largest absolute Gasteiger partial charge is 0.468 e. The van der Waals surface area contributed by atoms with Gasteiger partial charge in [-0.05, 0) is 24.7 Å². The molecule has 0 amide bonds. The molecule has 0 rings (SSSR count). The zero-order valence-electron chi connectivity index (χ0n) is 14.8. The highest BCUT2D eigenvalue weighted by atomic mass is 32.2. The minimum absolute atomic E-state index is 0.179. The van der Waals surface area contributed by atoms with E-state index >= 15 is 0 Å². The monoisotopic (exact) mass is 317 g/mol. The smallest absolute Gasteiger partial charge is 0.315 e. The highest BCUT2D eigenvalue weighted by Crippen LogP contribution is 2.40. The van der Waals surface area contributed by atoms with Crippen molar-refractivity contribution in [2.24, 2.45) is 17.1 Å². The van der Waals surface area contributed by atoms with Gasteiger partial charge in [-0.2, -0.15) is 0 Å². The van der Waals surface area contributed by atoms with Crippen molar-refractivity contribution in [1.29, 1.82) is 0 Å². The third-order valence-electron chi connectivity index (χ3n) is 4.38. The summed E-state index contributed by atoms with van der Waals surface area (Å²) >= 11 is 1.49. The Morgan fingerprint density at radius 2 is 1.86 bits per heavy atom. The van der Waals surface area contributed by atoms with E-state index in [0.29, 0.717) is 11.7 Å². The van der Waals surface area contributed by atoms with Crippen molar-refractivity contribution in [3.05, 3.63) is 0 Å². The normalized spacial score (nSPS) is 16.3. The Bertz CT molecular complexity index is 303. The van der Waals surface area contributed by atoms with Crippen LogP contribution in [0.3, 0.4) is 0 Å². The summed E-state index contributed by atoms with van der Waals surface area (Å²) in [5.41, 5.74) is 6.55. The number of rotatable bonds is 11. The molecule has 0 aromatic heterocycles. The fraction of sp³-hybridized carbons (Fsp3) is 0.941. The summed E-state index contributed by atoms with van der Waals surface area (Å²) in [7, 11) is 1.42. The van der Waals surface area contributed by atoms with Crippen molar-refractivity contribution < 1.29 is 9.53 Å². The number of carbonyl (C=O) groups excluding carboxylic acids is 1. The number of nitrogens with two attached hydrogens (primary N) is 1. The van der Waals surface area contributed by atoms with Crippen molar-refractivity contribution in [3.8, 4) is 0 Å². The average molecular weight is 318 g/mol. The molecule has 0 heterocycles. The van der Waals surface area contributed by atoms with Gasteiger partial charge in [0, 0.05) is 0 Å². The van der Waals surface area contributed by atoms with Crippen LogP contribution in [-0.4, -0.2) is 23.7 Å². The zero-order valence-corrected chi connectivity index (χ0v) is 15.6. The number of methoxy groups -OCH3 is 1. The fourth-order valence-corrected chi connectivity index (χ4v) is 3.72. The highest BCUT2D eigenvalue weighted by Gasteiger charge is 2.34. The summed E-state index contributed by atoms with van der Waals surface area (Å²) in [6, 6.07) is 0. The van der Waals surface area contributed by atoms with Crippen LogP contribution >= 0.6 is 11.8 Å². The molecule has 0 aromatic carbocycles. The Balaban J connectivity index is 4.31. The van der Waals surface area contributed by atoms with Gasteiger partial charge in [-0.3, -0.25) is 4.79 Å². The molecule has 0 aliphatic carbocycles. The summed E-state index contributed by atoms with van der Waals surface area (Å²) in [6.07, 6.45) is 7.39. The van der Waals surface area contributed by atoms with E-state index in [1.165, 1.54) is 51.0 Å². The fourth-order valence-electron chi connectivity index (χ4n) is 2.68. The molecule has 0 bridgehead atoms. The van der Waals surface area contributed by atoms with Crippen LogP contribution in [0.15, 0.2) is 0 Å². The van der Waals surface area contributed by atoms with Crippen molar-refractivity contribution in [2.45, 2.75) is 78.0 Å². The van der Waals surface area contributed by atoms with Gasteiger partial charge >= 0.3 is 5.97 Å². The minimum Gasteiger partial charge on any atom is -0.468 e. The van der Waals surface area contributed by atoms with Gasteiger partial charge in [0.1, 0.15) is 0 Å². The van der Waals surface area contributed by atoms with Gasteiger partial charge in [0.05, 0.1) is 17.7 Å².